The van der Waals surface area contributed by atoms with Gasteiger partial charge in [-0.3, -0.25) is 0 Å². The molecule has 0 amide bonds. The number of ether oxygens (including phenoxy) is 1. The molecule has 0 bridgehead atoms. The molecule has 1 atom stereocenters. The topological polar surface area (TPSA) is 21.3 Å². The molecule has 2 nitrogen and oxygen atoms in total. The lowest BCUT2D eigenvalue weighted by Crippen LogP contribution is -2.24. The first-order valence-electron chi connectivity index (χ1n) is 7.16. The van der Waals surface area contributed by atoms with Crippen LogP contribution in [0.15, 0.2) is 16.6 Å². The van der Waals surface area contributed by atoms with Crippen LogP contribution in [-0.2, 0) is 6.42 Å². The van der Waals surface area contributed by atoms with Gasteiger partial charge >= 0.3 is 6.18 Å². The highest BCUT2D eigenvalue weighted by Crippen LogP contribution is 2.39. The molecule has 1 aromatic carbocycles. The fourth-order valence-corrected chi connectivity index (χ4v) is 3.07. The maximum Gasteiger partial charge on any atom is 0.389 e. The minimum absolute atomic E-state index is 0.0236. The van der Waals surface area contributed by atoms with Crippen molar-refractivity contribution in [2.75, 3.05) is 13.2 Å². The van der Waals surface area contributed by atoms with E-state index in [1.54, 1.807) is 0 Å². The van der Waals surface area contributed by atoms with Crippen LogP contribution in [0.5, 0.6) is 5.75 Å². The van der Waals surface area contributed by atoms with Gasteiger partial charge in [-0.15, -0.1) is 0 Å². The van der Waals surface area contributed by atoms with Crippen molar-refractivity contribution in [2.45, 2.75) is 44.8 Å². The average molecular weight is 366 g/mol. The molecule has 0 saturated heterocycles. The Kier molecular flexibility index (Phi) is 5.54. The van der Waals surface area contributed by atoms with Crippen LogP contribution in [0, 0.1) is 0 Å². The molecule has 0 saturated carbocycles. The Morgan fingerprint density at radius 3 is 2.81 bits per heavy atom. The first kappa shape index (κ1) is 16.6. The smallest absolute Gasteiger partial charge is 0.389 e. The molecule has 0 aromatic heterocycles. The zero-order valence-corrected chi connectivity index (χ0v) is 13.5. The summed E-state index contributed by atoms with van der Waals surface area (Å²) in [5, 5.41) is 3.21. The van der Waals surface area contributed by atoms with E-state index in [0.717, 1.165) is 34.2 Å². The first-order valence-corrected chi connectivity index (χ1v) is 7.95. The fraction of sp³-hybridized carbons (Fsp3) is 0.600. The van der Waals surface area contributed by atoms with Crippen molar-refractivity contribution in [3.63, 3.8) is 0 Å². The van der Waals surface area contributed by atoms with E-state index in [9.17, 15) is 13.2 Å². The first-order chi connectivity index (χ1) is 9.90. The Morgan fingerprint density at radius 1 is 1.38 bits per heavy atom. The zero-order chi connectivity index (χ0) is 15.5. The molecular weight excluding hydrogens is 347 g/mol. The fourth-order valence-electron chi connectivity index (χ4n) is 2.55. The third kappa shape index (κ3) is 4.61. The van der Waals surface area contributed by atoms with Crippen LogP contribution in [0.3, 0.4) is 0 Å². The lowest BCUT2D eigenvalue weighted by atomic mass is 9.98. The summed E-state index contributed by atoms with van der Waals surface area (Å²) in [6.45, 7) is 3.28. The summed E-state index contributed by atoms with van der Waals surface area (Å²) in [5.41, 5.74) is 1.89. The summed E-state index contributed by atoms with van der Waals surface area (Å²) in [5.74, 6) is 0.758. The quantitative estimate of drug-likeness (QED) is 0.783. The molecule has 1 heterocycles. The lowest BCUT2D eigenvalue weighted by Gasteiger charge is -2.22. The number of hydrogen-bond acceptors (Lipinski definition) is 2. The lowest BCUT2D eigenvalue weighted by molar-refractivity contribution is -0.136. The second-order valence-electron chi connectivity index (χ2n) is 5.24. The highest BCUT2D eigenvalue weighted by molar-refractivity contribution is 9.10. The Balaban J connectivity index is 2.23. The van der Waals surface area contributed by atoms with Crippen molar-refractivity contribution >= 4 is 15.9 Å². The average Bonchev–Trinajstić information content (AvgIpc) is 2.85. The minimum atomic E-state index is -4.14. The molecule has 1 N–H and O–H groups in total. The molecule has 1 aromatic rings. The molecular formula is C15H19BrF3NO. The Bertz CT molecular complexity index is 491. The van der Waals surface area contributed by atoms with Gasteiger partial charge < -0.3 is 10.1 Å². The molecule has 0 aliphatic carbocycles. The summed E-state index contributed by atoms with van der Waals surface area (Å²) < 4.78 is 44.1. The number of fused-ring (bicyclic) bond motifs is 1. The van der Waals surface area contributed by atoms with Crippen molar-refractivity contribution in [3.8, 4) is 5.75 Å². The number of rotatable bonds is 6. The van der Waals surface area contributed by atoms with E-state index in [0.29, 0.717) is 13.2 Å². The Hall–Kier alpha value is -0.750. The van der Waals surface area contributed by atoms with Gasteiger partial charge in [-0.2, -0.15) is 13.2 Å². The summed E-state index contributed by atoms with van der Waals surface area (Å²) >= 11 is 3.44. The maximum absolute atomic E-state index is 12.5. The maximum atomic E-state index is 12.5. The van der Waals surface area contributed by atoms with E-state index in [1.165, 1.54) is 0 Å². The van der Waals surface area contributed by atoms with Crippen LogP contribution in [-0.4, -0.2) is 19.3 Å². The van der Waals surface area contributed by atoms with Gasteiger partial charge in [0.1, 0.15) is 5.75 Å². The van der Waals surface area contributed by atoms with Crippen molar-refractivity contribution < 1.29 is 17.9 Å². The zero-order valence-electron chi connectivity index (χ0n) is 11.9. The monoisotopic (exact) mass is 365 g/mol. The van der Waals surface area contributed by atoms with Crippen molar-refractivity contribution in [1.82, 2.24) is 5.32 Å². The van der Waals surface area contributed by atoms with E-state index in [-0.39, 0.29) is 12.5 Å². The van der Waals surface area contributed by atoms with Gasteiger partial charge in [0.15, 0.2) is 0 Å². The Morgan fingerprint density at radius 2 is 2.14 bits per heavy atom. The highest BCUT2D eigenvalue weighted by atomic mass is 79.9. The van der Waals surface area contributed by atoms with Crippen LogP contribution in [0.25, 0.3) is 0 Å². The number of alkyl halides is 3. The van der Waals surface area contributed by atoms with Gasteiger partial charge in [0.05, 0.1) is 6.61 Å². The predicted octanol–water partition coefficient (Wildman–Crippen LogP) is 4.77. The third-order valence-corrected chi connectivity index (χ3v) is 3.97. The molecule has 1 aliphatic rings. The molecule has 21 heavy (non-hydrogen) atoms. The summed E-state index contributed by atoms with van der Waals surface area (Å²) in [6, 6.07) is 3.51. The van der Waals surface area contributed by atoms with Crippen molar-refractivity contribution in [2.24, 2.45) is 0 Å². The van der Waals surface area contributed by atoms with Crippen LogP contribution < -0.4 is 10.1 Å². The van der Waals surface area contributed by atoms with E-state index < -0.39 is 12.6 Å². The van der Waals surface area contributed by atoms with Gasteiger partial charge in [-0.25, -0.2) is 0 Å². The summed E-state index contributed by atoms with van der Waals surface area (Å²) in [7, 11) is 0. The number of hydrogen-bond donors (Lipinski definition) is 1. The van der Waals surface area contributed by atoms with Crippen molar-refractivity contribution in [3.05, 3.63) is 27.7 Å². The summed E-state index contributed by atoms with van der Waals surface area (Å²) in [6.07, 6.45) is -3.23. The molecule has 1 aliphatic heterocycles. The van der Waals surface area contributed by atoms with Crippen LogP contribution in [0.2, 0.25) is 0 Å². The molecule has 1 unspecified atom stereocenters. The molecule has 0 spiro atoms. The second-order valence-corrected chi connectivity index (χ2v) is 6.16. The molecule has 0 fully saturated rings. The van der Waals surface area contributed by atoms with E-state index >= 15 is 0 Å². The normalized spacial score (nSPS) is 15.7. The predicted molar refractivity (Wildman–Crippen MR) is 79.7 cm³/mol. The molecule has 118 valence electrons. The molecule has 2 rings (SSSR count). The van der Waals surface area contributed by atoms with E-state index in [1.807, 2.05) is 19.1 Å². The SMILES string of the molecule is CCCNC(CCC(F)(F)F)c1cc(Br)cc2c1OCC2. The van der Waals surface area contributed by atoms with Crippen LogP contribution >= 0.6 is 15.9 Å². The van der Waals surface area contributed by atoms with Crippen LogP contribution in [0.1, 0.15) is 43.4 Å². The van der Waals surface area contributed by atoms with Gasteiger partial charge in [0.2, 0.25) is 0 Å². The minimum Gasteiger partial charge on any atom is -0.493 e. The number of halogens is 4. The largest absolute Gasteiger partial charge is 0.493 e. The second kappa shape index (κ2) is 7.01. The van der Waals surface area contributed by atoms with Crippen LogP contribution in [0.4, 0.5) is 13.2 Å². The summed E-state index contributed by atoms with van der Waals surface area (Å²) in [4.78, 5) is 0. The van der Waals surface area contributed by atoms with Crippen molar-refractivity contribution in [1.29, 1.82) is 0 Å². The third-order valence-electron chi connectivity index (χ3n) is 3.51. The number of benzene rings is 1. The van der Waals surface area contributed by atoms with Gasteiger partial charge in [0, 0.05) is 28.9 Å². The molecule has 0 radical (unpaired) electrons. The highest BCUT2D eigenvalue weighted by Gasteiger charge is 2.30. The Labute approximate surface area is 131 Å². The molecule has 6 heteroatoms. The van der Waals surface area contributed by atoms with Gasteiger partial charge in [-0.05, 0) is 37.1 Å². The van der Waals surface area contributed by atoms with E-state index in [4.69, 9.17) is 4.74 Å². The van der Waals surface area contributed by atoms with Gasteiger partial charge in [0.25, 0.3) is 0 Å². The van der Waals surface area contributed by atoms with Gasteiger partial charge in [-0.1, -0.05) is 22.9 Å². The standard InChI is InChI=1S/C15H19BrF3NO/c1-2-6-20-13(3-5-15(17,18)19)12-9-11(16)8-10-4-7-21-14(10)12/h8-9,13,20H,2-7H2,1H3. The van der Waals surface area contributed by atoms with E-state index in [2.05, 4.69) is 21.2 Å². The number of nitrogens with one attached hydrogen (secondary N) is 1.